The van der Waals surface area contributed by atoms with Crippen molar-refractivity contribution < 1.29 is 4.79 Å². The Morgan fingerprint density at radius 2 is 1.89 bits per heavy atom. The van der Waals surface area contributed by atoms with Crippen LogP contribution in [0.1, 0.15) is 21.9 Å². The Morgan fingerprint density at radius 1 is 1.04 bits per heavy atom. The van der Waals surface area contributed by atoms with Gasteiger partial charge in [-0.2, -0.15) is 0 Å². The van der Waals surface area contributed by atoms with Gasteiger partial charge in [0, 0.05) is 37.1 Å². The Labute approximate surface area is 156 Å². The molecular weight excluding hydrogens is 338 g/mol. The van der Waals surface area contributed by atoms with Crippen molar-refractivity contribution >= 4 is 11.6 Å². The van der Waals surface area contributed by atoms with Gasteiger partial charge in [-0.1, -0.05) is 36.4 Å². The van der Waals surface area contributed by atoms with Crippen LogP contribution in [0.3, 0.4) is 0 Å². The van der Waals surface area contributed by atoms with E-state index in [0.29, 0.717) is 24.5 Å². The van der Waals surface area contributed by atoms with Crippen LogP contribution in [-0.4, -0.2) is 31.8 Å². The fraction of sp³-hybridized carbons (Fsp3) is 0.143. The molecule has 0 aliphatic carbocycles. The predicted octanol–water partition coefficient (Wildman–Crippen LogP) is 3.07. The quantitative estimate of drug-likeness (QED) is 0.596. The van der Waals surface area contributed by atoms with Crippen molar-refractivity contribution in [1.29, 1.82) is 0 Å². The van der Waals surface area contributed by atoms with Crippen molar-refractivity contribution in [3.63, 3.8) is 0 Å². The Balaban J connectivity index is 1.40. The summed E-state index contributed by atoms with van der Waals surface area (Å²) in [5.74, 6) is 0.498. The highest BCUT2D eigenvalue weighted by Gasteiger charge is 2.11. The molecule has 4 aromatic rings. The second-order valence-electron chi connectivity index (χ2n) is 6.33. The molecule has 6 nitrogen and oxygen atoms in total. The summed E-state index contributed by atoms with van der Waals surface area (Å²) in [6, 6.07) is 15.7. The first-order valence-electron chi connectivity index (χ1n) is 8.80. The first-order chi connectivity index (χ1) is 13.2. The lowest BCUT2D eigenvalue weighted by Crippen LogP contribution is -2.26. The highest BCUT2D eigenvalue weighted by Crippen LogP contribution is 2.15. The molecule has 27 heavy (non-hydrogen) atoms. The molecule has 3 heterocycles. The van der Waals surface area contributed by atoms with Crippen LogP contribution in [0.15, 0.2) is 67.1 Å². The van der Waals surface area contributed by atoms with Gasteiger partial charge in [-0.25, -0.2) is 15.0 Å². The number of rotatable bonds is 5. The topological polar surface area (TPSA) is 72.2 Å². The summed E-state index contributed by atoms with van der Waals surface area (Å²) in [6.45, 7) is 2.45. The number of hydrogen-bond acceptors (Lipinski definition) is 4. The van der Waals surface area contributed by atoms with Crippen LogP contribution < -0.4 is 5.32 Å². The van der Waals surface area contributed by atoms with Crippen LogP contribution in [0.5, 0.6) is 0 Å². The van der Waals surface area contributed by atoms with Crippen LogP contribution in [-0.2, 0) is 6.42 Å². The van der Waals surface area contributed by atoms with E-state index in [1.165, 1.54) is 0 Å². The summed E-state index contributed by atoms with van der Waals surface area (Å²) in [6.07, 6.45) is 5.99. The monoisotopic (exact) mass is 357 g/mol. The van der Waals surface area contributed by atoms with Crippen molar-refractivity contribution in [2.24, 2.45) is 0 Å². The number of aromatic nitrogens is 4. The minimum atomic E-state index is -0.199. The van der Waals surface area contributed by atoms with Gasteiger partial charge in [0.1, 0.15) is 17.2 Å². The number of amides is 1. The summed E-state index contributed by atoms with van der Waals surface area (Å²) < 4.78 is 1.86. The van der Waals surface area contributed by atoms with Crippen molar-refractivity contribution in [2.75, 3.05) is 6.54 Å². The van der Waals surface area contributed by atoms with Crippen LogP contribution in [0.2, 0.25) is 0 Å². The number of pyridine rings is 1. The molecule has 0 aliphatic rings. The van der Waals surface area contributed by atoms with E-state index in [4.69, 9.17) is 0 Å². The Kier molecular flexibility index (Phi) is 4.61. The molecule has 0 atom stereocenters. The number of nitrogens with zero attached hydrogens (tertiary/aromatic N) is 4. The molecule has 0 bridgehead atoms. The second-order valence-corrected chi connectivity index (χ2v) is 6.33. The number of nitrogens with one attached hydrogen (secondary N) is 1. The highest BCUT2D eigenvalue weighted by molar-refractivity contribution is 5.92. The number of aryl methyl sites for hydroxylation is 1. The molecule has 0 fully saturated rings. The second kappa shape index (κ2) is 7.37. The molecule has 0 spiro atoms. The summed E-state index contributed by atoms with van der Waals surface area (Å²) in [5, 5.41) is 2.89. The first-order valence-corrected chi connectivity index (χ1v) is 8.80. The number of imidazole rings is 1. The Hall–Kier alpha value is -3.54. The van der Waals surface area contributed by atoms with Gasteiger partial charge in [0.15, 0.2) is 0 Å². The Bertz CT molecular complexity index is 1090. The lowest BCUT2D eigenvalue weighted by atomic mass is 10.1. The molecule has 0 saturated carbocycles. The molecule has 6 heteroatoms. The van der Waals surface area contributed by atoms with E-state index >= 15 is 0 Å². The SMILES string of the molecule is Cc1ccc2nc(C(=O)NCCc3nccc(-c4ccccc4)n3)cn2c1. The van der Waals surface area contributed by atoms with Gasteiger partial charge in [-0.05, 0) is 24.6 Å². The molecule has 0 saturated heterocycles. The van der Waals surface area contributed by atoms with Crippen LogP contribution in [0, 0.1) is 6.92 Å². The smallest absolute Gasteiger partial charge is 0.271 e. The zero-order chi connectivity index (χ0) is 18.6. The molecule has 0 aliphatic heterocycles. The number of carbonyl (C=O) groups excluding carboxylic acids is 1. The third-order valence-electron chi connectivity index (χ3n) is 4.24. The molecule has 0 radical (unpaired) electrons. The summed E-state index contributed by atoms with van der Waals surface area (Å²) in [4.78, 5) is 25.6. The third kappa shape index (κ3) is 3.84. The van der Waals surface area contributed by atoms with Gasteiger partial charge in [0.2, 0.25) is 0 Å². The lowest BCUT2D eigenvalue weighted by Gasteiger charge is -2.05. The third-order valence-corrected chi connectivity index (χ3v) is 4.24. The van der Waals surface area contributed by atoms with E-state index in [2.05, 4.69) is 20.3 Å². The number of benzene rings is 1. The molecular formula is C21H19N5O. The number of hydrogen-bond donors (Lipinski definition) is 1. The predicted molar refractivity (Wildman–Crippen MR) is 103 cm³/mol. The Morgan fingerprint density at radius 3 is 2.74 bits per heavy atom. The summed E-state index contributed by atoms with van der Waals surface area (Å²) in [5.41, 5.74) is 4.19. The molecule has 1 N–H and O–H groups in total. The maximum atomic E-state index is 12.4. The van der Waals surface area contributed by atoms with Crippen molar-refractivity contribution in [3.8, 4) is 11.3 Å². The maximum absolute atomic E-state index is 12.4. The maximum Gasteiger partial charge on any atom is 0.271 e. The van der Waals surface area contributed by atoms with Crippen LogP contribution in [0.25, 0.3) is 16.9 Å². The van der Waals surface area contributed by atoms with E-state index < -0.39 is 0 Å². The normalized spacial score (nSPS) is 10.9. The minimum Gasteiger partial charge on any atom is -0.350 e. The van der Waals surface area contributed by atoms with Gasteiger partial charge >= 0.3 is 0 Å². The summed E-state index contributed by atoms with van der Waals surface area (Å²) >= 11 is 0. The zero-order valence-electron chi connectivity index (χ0n) is 15.0. The van der Waals surface area contributed by atoms with E-state index in [1.54, 1.807) is 12.4 Å². The lowest BCUT2D eigenvalue weighted by molar-refractivity contribution is 0.0949. The van der Waals surface area contributed by atoms with Crippen LogP contribution in [0.4, 0.5) is 0 Å². The van der Waals surface area contributed by atoms with E-state index in [9.17, 15) is 4.79 Å². The van der Waals surface area contributed by atoms with Crippen LogP contribution >= 0.6 is 0 Å². The van der Waals surface area contributed by atoms with Gasteiger partial charge in [0.05, 0.1) is 5.69 Å². The van der Waals surface area contributed by atoms with Gasteiger partial charge < -0.3 is 9.72 Å². The molecule has 1 amide bonds. The first kappa shape index (κ1) is 16.9. The standard InChI is InChI=1S/C21H19N5O/c1-15-7-8-20-25-18(14-26(20)13-15)21(27)23-12-10-19-22-11-9-17(24-19)16-5-3-2-4-6-16/h2-9,11,13-14H,10,12H2,1H3,(H,23,27). The highest BCUT2D eigenvalue weighted by atomic mass is 16.1. The van der Waals surface area contributed by atoms with Crippen molar-refractivity contribution in [3.05, 3.63) is 84.2 Å². The molecule has 4 rings (SSSR count). The summed E-state index contributed by atoms with van der Waals surface area (Å²) in [7, 11) is 0. The molecule has 0 unspecified atom stereocenters. The molecule has 3 aromatic heterocycles. The fourth-order valence-corrected chi connectivity index (χ4v) is 2.88. The average molecular weight is 357 g/mol. The van der Waals surface area contributed by atoms with Gasteiger partial charge in [0.25, 0.3) is 5.91 Å². The van der Waals surface area contributed by atoms with Gasteiger partial charge in [-0.15, -0.1) is 0 Å². The van der Waals surface area contributed by atoms with Crippen molar-refractivity contribution in [1.82, 2.24) is 24.7 Å². The van der Waals surface area contributed by atoms with Gasteiger partial charge in [-0.3, -0.25) is 4.79 Å². The largest absolute Gasteiger partial charge is 0.350 e. The fourth-order valence-electron chi connectivity index (χ4n) is 2.88. The molecule has 134 valence electrons. The van der Waals surface area contributed by atoms with E-state index in [-0.39, 0.29) is 5.91 Å². The van der Waals surface area contributed by atoms with E-state index in [1.807, 2.05) is 66.1 Å². The molecule has 1 aromatic carbocycles. The number of fused-ring (bicyclic) bond motifs is 1. The number of carbonyl (C=O) groups is 1. The van der Waals surface area contributed by atoms with E-state index in [0.717, 1.165) is 22.5 Å². The zero-order valence-corrected chi connectivity index (χ0v) is 15.0. The average Bonchev–Trinajstić information content (AvgIpc) is 3.12. The van der Waals surface area contributed by atoms with Crippen molar-refractivity contribution in [2.45, 2.75) is 13.3 Å². The minimum absolute atomic E-state index is 0.199.